The molecule has 0 atom stereocenters. The fourth-order valence-corrected chi connectivity index (χ4v) is 3.17. The summed E-state index contributed by atoms with van der Waals surface area (Å²) in [5.74, 6) is 1.70. The molecule has 1 aromatic carbocycles. The van der Waals surface area contributed by atoms with Crippen LogP contribution in [0.15, 0.2) is 24.3 Å². The first-order valence-electron chi connectivity index (χ1n) is 7.33. The molecule has 0 radical (unpaired) electrons. The molecule has 0 spiro atoms. The van der Waals surface area contributed by atoms with Gasteiger partial charge in [0.1, 0.15) is 0 Å². The molecule has 18 heavy (non-hydrogen) atoms. The molecule has 2 N–H and O–H groups in total. The van der Waals surface area contributed by atoms with Crippen molar-refractivity contribution < 1.29 is 0 Å². The number of hydrogen-bond donors (Lipinski definition) is 1. The van der Waals surface area contributed by atoms with E-state index >= 15 is 0 Å². The number of aryl methyl sites for hydroxylation is 1. The van der Waals surface area contributed by atoms with Crippen LogP contribution in [-0.4, -0.2) is 5.54 Å². The molecular weight excluding hydrogens is 218 g/mol. The summed E-state index contributed by atoms with van der Waals surface area (Å²) in [6.07, 6.45) is 6.02. The molecule has 0 bridgehead atoms. The van der Waals surface area contributed by atoms with Crippen LogP contribution in [0.4, 0.5) is 0 Å². The second-order valence-corrected chi connectivity index (χ2v) is 6.61. The van der Waals surface area contributed by atoms with Gasteiger partial charge in [-0.25, -0.2) is 0 Å². The average Bonchev–Trinajstić information content (AvgIpc) is 2.32. The highest BCUT2D eigenvalue weighted by Gasteiger charge is 2.32. The quantitative estimate of drug-likeness (QED) is 0.853. The molecule has 0 heterocycles. The minimum atomic E-state index is 0.0423. The predicted molar refractivity (Wildman–Crippen MR) is 78.6 cm³/mol. The van der Waals surface area contributed by atoms with Crippen molar-refractivity contribution in [2.45, 2.75) is 58.4 Å². The van der Waals surface area contributed by atoms with Crippen LogP contribution >= 0.6 is 0 Å². The topological polar surface area (TPSA) is 26.0 Å². The zero-order valence-corrected chi connectivity index (χ0v) is 12.1. The molecule has 0 aliphatic heterocycles. The van der Waals surface area contributed by atoms with Crippen molar-refractivity contribution in [1.29, 1.82) is 0 Å². The zero-order valence-electron chi connectivity index (χ0n) is 12.1. The molecule has 0 amide bonds. The Labute approximate surface area is 112 Å². The van der Waals surface area contributed by atoms with Crippen molar-refractivity contribution in [3.05, 3.63) is 35.4 Å². The van der Waals surface area contributed by atoms with Crippen molar-refractivity contribution in [2.75, 3.05) is 0 Å². The summed E-state index contributed by atoms with van der Waals surface area (Å²) in [4.78, 5) is 0. The molecular formula is C17H27N. The molecule has 1 aliphatic rings. The van der Waals surface area contributed by atoms with Gasteiger partial charge < -0.3 is 5.73 Å². The van der Waals surface area contributed by atoms with E-state index in [0.29, 0.717) is 0 Å². The van der Waals surface area contributed by atoms with E-state index in [9.17, 15) is 0 Å². The monoisotopic (exact) mass is 245 g/mol. The first kappa shape index (κ1) is 13.6. The molecule has 0 aromatic heterocycles. The van der Waals surface area contributed by atoms with Gasteiger partial charge in [0, 0.05) is 5.54 Å². The summed E-state index contributed by atoms with van der Waals surface area (Å²) in [5, 5.41) is 0. The van der Waals surface area contributed by atoms with Gasteiger partial charge in [-0.05, 0) is 56.4 Å². The third kappa shape index (κ3) is 3.35. The minimum Gasteiger partial charge on any atom is -0.325 e. The van der Waals surface area contributed by atoms with Crippen LogP contribution in [0.2, 0.25) is 0 Å². The molecule has 1 fully saturated rings. The predicted octanol–water partition coefficient (Wildman–Crippen LogP) is 4.08. The second kappa shape index (κ2) is 5.44. The number of nitrogens with two attached hydrogens (primary N) is 1. The van der Waals surface area contributed by atoms with E-state index in [2.05, 4.69) is 45.0 Å². The van der Waals surface area contributed by atoms with Gasteiger partial charge in [0.15, 0.2) is 0 Å². The molecule has 100 valence electrons. The van der Waals surface area contributed by atoms with E-state index in [1.807, 2.05) is 0 Å². The fourth-order valence-electron chi connectivity index (χ4n) is 3.17. The van der Waals surface area contributed by atoms with E-state index in [0.717, 1.165) is 18.3 Å². The normalized spacial score (nSPS) is 28.6. The Balaban J connectivity index is 1.95. The molecule has 1 aromatic rings. The molecule has 2 rings (SSSR count). The SMILES string of the molecule is Cc1ccc(CC2(N)CCC(C(C)C)CC2)cc1. The maximum atomic E-state index is 6.59. The number of hydrogen-bond acceptors (Lipinski definition) is 1. The minimum absolute atomic E-state index is 0.0423. The Hall–Kier alpha value is -0.820. The summed E-state index contributed by atoms with van der Waals surface area (Å²) in [5.41, 5.74) is 9.36. The summed E-state index contributed by atoms with van der Waals surface area (Å²) in [7, 11) is 0. The first-order chi connectivity index (χ1) is 8.48. The molecule has 1 aliphatic carbocycles. The Kier molecular flexibility index (Phi) is 4.11. The van der Waals surface area contributed by atoms with E-state index in [1.54, 1.807) is 0 Å². The number of rotatable bonds is 3. The Morgan fingerprint density at radius 2 is 1.72 bits per heavy atom. The summed E-state index contributed by atoms with van der Waals surface area (Å²) < 4.78 is 0. The lowest BCUT2D eigenvalue weighted by molar-refractivity contribution is 0.194. The molecule has 0 saturated heterocycles. The van der Waals surface area contributed by atoms with Gasteiger partial charge >= 0.3 is 0 Å². The lowest BCUT2D eigenvalue weighted by atomic mass is 9.71. The average molecular weight is 245 g/mol. The molecule has 0 unspecified atom stereocenters. The highest BCUT2D eigenvalue weighted by Crippen LogP contribution is 2.36. The lowest BCUT2D eigenvalue weighted by Gasteiger charge is -2.38. The van der Waals surface area contributed by atoms with Crippen LogP contribution in [-0.2, 0) is 6.42 Å². The summed E-state index contributed by atoms with van der Waals surface area (Å²) in [6.45, 7) is 6.82. The highest BCUT2D eigenvalue weighted by molar-refractivity contribution is 5.23. The van der Waals surface area contributed by atoms with Crippen LogP contribution in [0.3, 0.4) is 0 Å². The molecule has 1 nitrogen and oxygen atoms in total. The van der Waals surface area contributed by atoms with Gasteiger partial charge in [-0.15, -0.1) is 0 Å². The van der Waals surface area contributed by atoms with Crippen LogP contribution in [0.5, 0.6) is 0 Å². The van der Waals surface area contributed by atoms with Crippen LogP contribution in [0.1, 0.15) is 50.7 Å². The zero-order chi connectivity index (χ0) is 13.2. The van der Waals surface area contributed by atoms with Crippen molar-refractivity contribution >= 4 is 0 Å². The van der Waals surface area contributed by atoms with Crippen LogP contribution in [0, 0.1) is 18.8 Å². The van der Waals surface area contributed by atoms with Gasteiger partial charge in [-0.3, -0.25) is 0 Å². The molecule has 1 saturated carbocycles. The first-order valence-corrected chi connectivity index (χ1v) is 7.33. The van der Waals surface area contributed by atoms with Gasteiger partial charge in [0.2, 0.25) is 0 Å². The lowest BCUT2D eigenvalue weighted by Crippen LogP contribution is -2.45. The van der Waals surface area contributed by atoms with Gasteiger partial charge in [-0.1, -0.05) is 43.7 Å². The maximum absolute atomic E-state index is 6.59. The van der Waals surface area contributed by atoms with Crippen molar-refractivity contribution in [3.63, 3.8) is 0 Å². The third-order valence-corrected chi connectivity index (χ3v) is 4.65. The van der Waals surface area contributed by atoms with Crippen LogP contribution in [0.25, 0.3) is 0 Å². The molecule has 1 heteroatoms. The summed E-state index contributed by atoms with van der Waals surface area (Å²) in [6, 6.07) is 8.85. The Morgan fingerprint density at radius 3 is 2.22 bits per heavy atom. The smallest absolute Gasteiger partial charge is 0.0195 e. The standard InChI is InChI=1S/C17H27N/c1-13(2)16-8-10-17(18,11-9-16)12-15-6-4-14(3)5-7-15/h4-7,13,16H,8-12,18H2,1-3H3. The number of benzene rings is 1. The van der Waals surface area contributed by atoms with Crippen molar-refractivity contribution in [3.8, 4) is 0 Å². The van der Waals surface area contributed by atoms with E-state index < -0.39 is 0 Å². The Morgan fingerprint density at radius 1 is 1.17 bits per heavy atom. The van der Waals surface area contributed by atoms with Gasteiger partial charge in [0.05, 0.1) is 0 Å². The third-order valence-electron chi connectivity index (χ3n) is 4.65. The Bertz CT molecular complexity index is 369. The highest BCUT2D eigenvalue weighted by atomic mass is 14.7. The maximum Gasteiger partial charge on any atom is 0.0195 e. The van der Waals surface area contributed by atoms with E-state index in [-0.39, 0.29) is 5.54 Å². The van der Waals surface area contributed by atoms with Crippen molar-refractivity contribution in [2.24, 2.45) is 17.6 Å². The van der Waals surface area contributed by atoms with Gasteiger partial charge in [0.25, 0.3) is 0 Å². The van der Waals surface area contributed by atoms with Gasteiger partial charge in [-0.2, -0.15) is 0 Å². The van der Waals surface area contributed by atoms with E-state index in [4.69, 9.17) is 5.73 Å². The largest absolute Gasteiger partial charge is 0.325 e. The summed E-state index contributed by atoms with van der Waals surface area (Å²) >= 11 is 0. The van der Waals surface area contributed by atoms with Crippen LogP contribution < -0.4 is 5.73 Å². The second-order valence-electron chi connectivity index (χ2n) is 6.61. The van der Waals surface area contributed by atoms with E-state index in [1.165, 1.54) is 36.8 Å². The fraction of sp³-hybridized carbons (Fsp3) is 0.647. The van der Waals surface area contributed by atoms with Crippen molar-refractivity contribution in [1.82, 2.24) is 0 Å².